The van der Waals surface area contributed by atoms with Gasteiger partial charge < -0.3 is 10.0 Å². The first-order valence-corrected chi connectivity index (χ1v) is 7.21. The van der Waals surface area contributed by atoms with E-state index in [1.165, 1.54) is 6.42 Å². The molecule has 4 heteroatoms. The van der Waals surface area contributed by atoms with E-state index in [1.54, 1.807) is 11.3 Å². The van der Waals surface area contributed by atoms with Crippen LogP contribution in [-0.4, -0.2) is 22.7 Å². The molecule has 0 spiro atoms. The first-order chi connectivity index (χ1) is 8.02. The molecule has 3 nitrogen and oxygen atoms in total. The Bertz CT molecular complexity index is 389. The summed E-state index contributed by atoms with van der Waals surface area (Å²) in [5, 5.41) is 10.5. The zero-order valence-electron chi connectivity index (χ0n) is 11.1. The molecule has 17 heavy (non-hydrogen) atoms. The van der Waals surface area contributed by atoms with E-state index >= 15 is 0 Å². The molecule has 0 aromatic carbocycles. The number of nitrogens with zero attached hydrogens (tertiary/aromatic N) is 2. The van der Waals surface area contributed by atoms with E-state index in [-0.39, 0.29) is 6.61 Å². The van der Waals surface area contributed by atoms with Crippen LogP contribution in [0.3, 0.4) is 0 Å². The molecule has 0 bridgehead atoms. The smallest absolute Gasteiger partial charge is 0.186 e. The molecule has 2 rings (SSSR count). The van der Waals surface area contributed by atoms with Gasteiger partial charge in [-0.3, -0.25) is 0 Å². The van der Waals surface area contributed by atoms with Gasteiger partial charge in [0.25, 0.3) is 0 Å². The summed E-state index contributed by atoms with van der Waals surface area (Å²) in [6, 6.07) is 0.572. The first kappa shape index (κ1) is 12.8. The lowest BCUT2D eigenvalue weighted by molar-refractivity contribution is 0.283. The number of thiazole rings is 1. The van der Waals surface area contributed by atoms with Crippen molar-refractivity contribution in [2.24, 2.45) is 5.92 Å². The second kappa shape index (κ2) is 4.94. The molecule has 96 valence electrons. The van der Waals surface area contributed by atoms with E-state index in [9.17, 15) is 5.11 Å². The van der Waals surface area contributed by atoms with Crippen LogP contribution in [0, 0.1) is 5.92 Å². The van der Waals surface area contributed by atoms with Gasteiger partial charge in [-0.1, -0.05) is 32.1 Å². The Hall–Kier alpha value is -0.610. The summed E-state index contributed by atoms with van der Waals surface area (Å²) in [6.45, 7) is 10.0. The first-order valence-electron chi connectivity index (χ1n) is 6.40. The maximum Gasteiger partial charge on any atom is 0.186 e. The lowest BCUT2D eigenvalue weighted by Gasteiger charge is -2.20. The summed E-state index contributed by atoms with van der Waals surface area (Å²) in [7, 11) is 0. The van der Waals surface area contributed by atoms with Gasteiger partial charge in [-0.25, -0.2) is 4.98 Å². The topological polar surface area (TPSA) is 36.4 Å². The van der Waals surface area contributed by atoms with Crippen molar-refractivity contribution in [2.45, 2.75) is 52.7 Å². The lowest BCUT2D eigenvalue weighted by atomic mass is 10.1. The Labute approximate surface area is 107 Å². The minimum absolute atomic E-state index is 0.114. The Kier molecular flexibility index (Phi) is 3.73. The number of aromatic nitrogens is 1. The fourth-order valence-corrected chi connectivity index (χ4v) is 3.79. The van der Waals surface area contributed by atoms with Crippen LogP contribution in [0.25, 0.3) is 0 Å². The maximum atomic E-state index is 9.39. The number of anilines is 1. The van der Waals surface area contributed by atoms with E-state index < -0.39 is 0 Å². The number of rotatable bonds is 3. The van der Waals surface area contributed by atoms with Crippen molar-refractivity contribution in [3.05, 3.63) is 10.6 Å². The number of hydrogen-bond donors (Lipinski definition) is 1. The van der Waals surface area contributed by atoms with Gasteiger partial charge in [-0.15, -0.1) is 0 Å². The monoisotopic (exact) mass is 254 g/mol. The molecular formula is C13H22N2OS. The molecule has 1 aromatic heterocycles. The number of aliphatic hydroxyl groups is 1. The normalized spacial score (nSPS) is 24.9. The quantitative estimate of drug-likeness (QED) is 0.901. The highest BCUT2D eigenvalue weighted by molar-refractivity contribution is 7.15. The van der Waals surface area contributed by atoms with Gasteiger partial charge in [0.15, 0.2) is 5.13 Å². The average molecular weight is 254 g/mol. The Morgan fingerprint density at radius 2 is 2.18 bits per heavy atom. The van der Waals surface area contributed by atoms with Crippen LogP contribution in [-0.2, 0) is 6.61 Å². The van der Waals surface area contributed by atoms with Gasteiger partial charge in [0, 0.05) is 12.6 Å². The van der Waals surface area contributed by atoms with Crippen molar-refractivity contribution in [1.29, 1.82) is 0 Å². The predicted molar refractivity (Wildman–Crippen MR) is 72.7 cm³/mol. The van der Waals surface area contributed by atoms with Gasteiger partial charge in [0.05, 0.1) is 17.2 Å². The molecule has 1 saturated heterocycles. The fraction of sp³-hybridized carbons (Fsp3) is 0.769. The third kappa shape index (κ3) is 2.47. The summed E-state index contributed by atoms with van der Waals surface area (Å²) in [5.41, 5.74) is 1.07. The van der Waals surface area contributed by atoms with Crippen LogP contribution < -0.4 is 4.90 Å². The zero-order chi connectivity index (χ0) is 12.6. The highest BCUT2D eigenvalue weighted by atomic mass is 32.1. The summed E-state index contributed by atoms with van der Waals surface area (Å²) in [6.07, 6.45) is 1.24. The number of hydrogen-bond acceptors (Lipinski definition) is 4. The minimum atomic E-state index is 0.114. The van der Waals surface area contributed by atoms with Gasteiger partial charge in [0.2, 0.25) is 0 Å². The average Bonchev–Trinajstić information content (AvgIpc) is 2.81. The molecule has 0 amide bonds. The Morgan fingerprint density at radius 1 is 1.47 bits per heavy atom. The molecule has 0 saturated carbocycles. The van der Waals surface area contributed by atoms with Crippen molar-refractivity contribution in [2.75, 3.05) is 11.4 Å². The molecule has 2 heterocycles. The molecule has 1 fully saturated rings. The summed E-state index contributed by atoms with van der Waals surface area (Å²) in [4.78, 5) is 8.15. The molecule has 2 atom stereocenters. The molecule has 2 unspecified atom stereocenters. The molecule has 1 aliphatic rings. The van der Waals surface area contributed by atoms with Crippen molar-refractivity contribution >= 4 is 16.5 Å². The fourth-order valence-electron chi connectivity index (χ4n) is 2.60. The summed E-state index contributed by atoms with van der Waals surface area (Å²) >= 11 is 1.66. The standard InChI is InChI=1S/C13H22N2OS/c1-8(2)12-11(7-16)17-13(14-12)15-6-9(3)5-10(15)4/h8-10,16H,5-7H2,1-4H3. The highest BCUT2D eigenvalue weighted by Gasteiger charge is 2.29. The second-order valence-electron chi connectivity index (χ2n) is 5.46. The largest absolute Gasteiger partial charge is 0.391 e. The van der Waals surface area contributed by atoms with Gasteiger partial charge in [-0.2, -0.15) is 0 Å². The SMILES string of the molecule is CC1CC(C)N(c2nc(C(C)C)c(CO)s2)C1. The van der Waals surface area contributed by atoms with Crippen LogP contribution in [0.15, 0.2) is 0 Å². The molecule has 0 aliphatic carbocycles. The lowest BCUT2D eigenvalue weighted by Crippen LogP contribution is -2.26. The van der Waals surface area contributed by atoms with Crippen LogP contribution in [0.2, 0.25) is 0 Å². The summed E-state index contributed by atoms with van der Waals surface area (Å²) < 4.78 is 0. The Balaban J connectivity index is 2.27. The van der Waals surface area contributed by atoms with Gasteiger partial charge in [-0.05, 0) is 25.2 Å². The third-order valence-corrected chi connectivity index (χ3v) is 4.53. The minimum Gasteiger partial charge on any atom is -0.391 e. The zero-order valence-corrected chi connectivity index (χ0v) is 11.9. The third-order valence-electron chi connectivity index (χ3n) is 3.44. The van der Waals surface area contributed by atoms with Crippen LogP contribution in [0.1, 0.15) is 50.6 Å². The van der Waals surface area contributed by atoms with E-state index in [4.69, 9.17) is 4.98 Å². The highest BCUT2D eigenvalue weighted by Crippen LogP contribution is 2.35. The van der Waals surface area contributed by atoms with Crippen molar-refractivity contribution in [3.8, 4) is 0 Å². The van der Waals surface area contributed by atoms with Crippen molar-refractivity contribution < 1.29 is 5.11 Å². The van der Waals surface area contributed by atoms with Gasteiger partial charge in [0.1, 0.15) is 0 Å². The predicted octanol–water partition coefficient (Wildman–Crippen LogP) is 2.99. The molecule has 1 aromatic rings. The van der Waals surface area contributed by atoms with E-state index in [2.05, 4.69) is 32.6 Å². The molecule has 0 radical (unpaired) electrons. The van der Waals surface area contributed by atoms with Crippen LogP contribution >= 0.6 is 11.3 Å². The van der Waals surface area contributed by atoms with Crippen molar-refractivity contribution in [1.82, 2.24) is 4.98 Å². The summed E-state index contributed by atoms with van der Waals surface area (Å²) in [5.74, 6) is 1.13. The van der Waals surface area contributed by atoms with Gasteiger partial charge >= 0.3 is 0 Å². The number of aliphatic hydroxyl groups excluding tert-OH is 1. The van der Waals surface area contributed by atoms with Crippen LogP contribution in [0.5, 0.6) is 0 Å². The maximum absolute atomic E-state index is 9.39. The second-order valence-corrected chi connectivity index (χ2v) is 6.52. The van der Waals surface area contributed by atoms with E-state index in [0.29, 0.717) is 12.0 Å². The molecule has 1 aliphatic heterocycles. The molecular weight excluding hydrogens is 232 g/mol. The van der Waals surface area contributed by atoms with Crippen LogP contribution in [0.4, 0.5) is 5.13 Å². The van der Waals surface area contributed by atoms with E-state index in [1.807, 2.05) is 0 Å². The van der Waals surface area contributed by atoms with Crippen molar-refractivity contribution in [3.63, 3.8) is 0 Å². The Morgan fingerprint density at radius 3 is 2.59 bits per heavy atom. The van der Waals surface area contributed by atoms with E-state index in [0.717, 1.165) is 28.2 Å². The molecule has 1 N–H and O–H groups in total.